The van der Waals surface area contributed by atoms with E-state index in [0.29, 0.717) is 13.2 Å². The summed E-state index contributed by atoms with van der Waals surface area (Å²) in [6, 6.07) is 0. The van der Waals surface area contributed by atoms with E-state index in [1.807, 2.05) is 0 Å². The van der Waals surface area contributed by atoms with Gasteiger partial charge in [0.25, 0.3) is 0 Å². The first-order valence-corrected chi connectivity index (χ1v) is 7.99. The minimum Gasteiger partial charge on any atom is -0.204 e. The van der Waals surface area contributed by atoms with Gasteiger partial charge in [0.15, 0.2) is 0 Å². The molecule has 0 heterocycles. The fourth-order valence-electron chi connectivity index (χ4n) is 1.67. The molecule has 7 nitrogen and oxygen atoms in total. The van der Waals surface area contributed by atoms with E-state index < -0.39 is 0 Å². The maximum Gasteiger partial charge on any atom is 0.0855 e. The number of hydrogen-bond donors (Lipinski definition) is 0. The maximum absolute atomic E-state index is 4.67. The van der Waals surface area contributed by atoms with Crippen molar-refractivity contribution in [1.29, 1.82) is 0 Å². The fraction of sp³-hybridized carbons (Fsp3) is 1.00. The van der Waals surface area contributed by atoms with Crippen LogP contribution in [0.2, 0.25) is 0 Å². The van der Waals surface area contributed by atoms with Gasteiger partial charge in [0.05, 0.1) is 13.2 Å². The quantitative estimate of drug-likeness (QED) is 0.209. The minimum absolute atomic E-state index is 0.433. The van der Waals surface area contributed by atoms with Crippen molar-refractivity contribution in [2.45, 2.75) is 78.1 Å². The van der Waals surface area contributed by atoms with E-state index in [2.05, 4.69) is 48.8 Å². The normalized spacial score (nSPS) is 11.1. The molecule has 0 amide bonds. The Bertz CT molecular complexity index is 163. The molecule has 0 aromatic heterocycles. The number of unbranched alkanes of at least 4 members (excludes halogenated alkanes) is 8. The number of hydrogen-bond acceptors (Lipinski definition) is 7. The van der Waals surface area contributed by atoms with Crippen LogP contribution in [0.15, 0.2) is 0 Å². The predicted molar refractivity (Wildman–Crippen MR) is 74.8 cm³/mol. The molecular weight excluding hydrogens is 280 g/mol. The summed E-state index contributed by atoms with van der Waals surface area (Å²) in [6.45, 7) is 5.20. The zero-order valence-corrected chi connectivity index (χ0v) is 13.3. The first kappa shape index (κ1) is 20.7. The highest BCUT2D eigenvalue weighted by atomic mass is 17.9. The fourth-order valence-corrected chi connectivity index (χ4v) is 1.67. The first-order valence-electron chi connectivity index (χ1n) is 7.99. The van der Waals surface area contributed by atoms with Gasteiger partial charge in [-0.25, -0.2) is 9.78 Å². The maximum atomic E-state index is 4.67. The average molecular weight is 310 g/mol. The van der Waals surface area contributed by atoms with Gasteiger partial charge in [-0.05, 0) is 38.0 Å². The van der Waals surface area contributed by atoms with Crippen molar-refractivity contribution in [2.75, 3.05) is 13.2 Å². The standard InChI is InChI=1S/C14H30O7/c1-3-5-7-9-11-13-15-17-19-21-20-18-16-14-12-10-8-6-4-2/h3-14H2,1-2H3. The second kappa shape index (κ2) is 19.7. The van der Waals surface area contributed by atoms with Crippen molar-refractivity contribution in [3.05, 3.63) is 0 Å². The van der Waals surface area contributed by atoms with Crippen LogP contribution in [-0.2, 0) is 35.0 Å². The Balaban J connectivity index is 2.90. The molecule has 21 heavy (non-hydrogen) atoms. The largest absolute Gasteiger partial charge is 0.204 e. The summed E-state index contributed by atoms with van der Waals surface area (Å²) in [5, 5.41) is 20.6. The Hall–Kier alpha value is -0.280. The van der Waals surface area contributed by atoms with Crippen molar-refractivity contribution < 1.29 is 35.0 Å². The van der Waals surface area contributed by atoms with Crippen LogP contribution in [0, 0.1) is 0 Å². The molecule has 0 rings (SSSR count). The average Bonchev–Trinajstić information content (AvgIpc) is 2.50. The van der Waals surface area contributed by atoms with E-state index in [1.54, 1.807) is 0 Å². The summed E-state index contributed by atoms with van der Waals surface area (Å²) >= 11 is 0. The van der Waals surface area contributed by atoms with Gasteiger partial charge in [-0.1, -0.05) is 65.2 Å². The lowest BCUT2D eigenvalue weighted by atomic mass is 10.2. The van der Waals surface area contributed by atoms with E-state index in [4.69, 9.17) is 0 Å². The second-order valence-electron chi connectivity index (χ2n) is 4.81. The van der Waals surface area contributed by atoms with Crippen LogP contribution in [0.3, 0.4) is 0 Å². The van der Waals surface area contributed by atoms with E-state index in [0.717, 1.165) is 25.7 Å². The Labute approximate surface area is 127 Å². The molecule has 0 saturated heterocycles. The molecule has 0 bridgehead atoms. The number of rotatable bonds is 18. The van der Waals surface area contributed by atoms with Gasteiger partial charge in [-0.2, -0.15) is 0 Å². The molecular formula is C14H30O7. The topological polar surface area (TPSA) is 64.6 Å². The van der Waals surface area contributed by atoms with E-state index in [-0.39, 0.29) is 0 Å². The van der Waals surface area contributed by atoms with Crippen LogP contribution in [0.1, 0.15) is 78.1 Å². The molecule has 0 saturated carbocycles. The van der Waals surface area contributed by atoms with Crippen LogP contribution < -0.4 is 0 Å². The van der Waals surface area contributed by atoms with Crippen LogP contribution in [-0.4, -0.2) is 13.2 Å². The lowest BCUT2D eigenvalue weighted by Gasteiger charge is -2.02. The molecule has 0 aromatic rings. The molecule has 0 N–H and O–H groups in total. The molecule has 0 radical (unpaired) electrons. The van der Waals surface area contributed by atoms with Crippen molar-refractivity contribution in [1.82, 2.24) is 0 Å². The Morgan fingerprint density at radius 3 is 1.24 bits per heavy atom. The Morgan fingerprint density at radius 2 is 0.810 bits per heavy atom. The highest BCUT2D eigenvalue weighted by Crippen LogP contribution is 2.03. The lowest BCUT2D eigenvalue weighted by Crippen LogP contribution is -2.03. The molecule has 0 aliphatic heterocycles. The van der Waals surface area contributed by atoms with E-state index in [9.17, 15) is 0 Å². The molecule has 0 unspecified atom stereocenters. The van der Waals surface area contributed by atoms with E-state index >= 15 is 0 Å². The molecule has 0 atom stereocenters. The van der Waals surface area contributed by atoms with Crippen molar-refractivity contribution in [2.24, 2.45) is 0 Å². The minimum atomic E-state index is 0.433. The van der Waals surface area contributed by atoms with Gasteiger partial charge in [0.1, 0.15) is 0 Å². The van der Waals surface area contributed by atoms with Crippen LogP contribution in [0.25, 0.3) is 0 Å². The van der Waals surface area contributed by atoms with Gasteiger partial charge >= 0.3 is 0 Å². The summed E-state index contributed by atoms with van der Waals surface area (Å²) in [7, 11) is 0. The van der Waals surface area contributed by atoms with Gasteiger partial charge < -0.3 is 0 Å². The zero-order valence-electron chi connectivity index (χ0n) is 13.3. The zero-order chi connectivity index (χ0) is 15.4. The predicted octanol–water partition coefficient (Wildman–Crippen LogP) is 4.53. The van der Waals surface area contributed by atoms with Gasteiger partial charge in [-0.3, -0.25) is 0 Å². The van der Waals surface area contributed by atoms with Gasteiger partial charge in [0, 0.05) is 0 Å². The second-order valence-corrected chi connectivity index (χ2v) is 4.81. The summed E-state index contributed by atoms with van der Waals surface area (Å²) in [6.07, 6.45) is 11.3. The van der Waals surface area contributed by atoms with Crippen LogP contribution >= 0.6 is 0 Å². The Morgan fingerprint density at radius 1 is 0.429 bits per heavy atom. The molecule has 0 fully saturated rings. The Kier molecular flexibility index (Phi) is 19.5. The van der Waals surface area contributed by atoms with Crippen molar-refractivity contribution in [3.63, 3.8) is 0 Å². The molecule has 0 spiro atoms. The SMILES string of the molecule is CCCCCCCOOOOOOOCCCCCCC. The molecule has 0 aromatic carbocycles. The highest BCUT2D eigenvalue weighted by Gasteiger charge is 1.96. The molecule has 0 aliphatic carbocycles. The first-order chi connectivity index (χ1) is 10.4. The highest BCUT2D eigenvalue weighted by molar-refractivity contribution is 4.40. The summed E-state index contributed by atoms with van der Waals surface area (Å²) in [5.41, 5.74) is 0. The summed E-state index contributed by atoms with van der Waals surface area (Å²) < 4.78 is 0. The summed E-state index contributed by atoms with van der Waals surface area (Å²) in [4.78, 5) is 9.35. The van der Waals surface area contributed by atoms with Gasteiger partial charge in [-0.15, -0.1) is 0 Å². The van der Waals surface area contributed by atoms with E-state index in [1.165, 1.54) is 38.5 Å². The van der Waals surface area contributed by atoms with Crippen molar-refractivity contribution >= 4 is 0 Å². The van der Waals surface area contributed by atoms with Crippen molar-refractivity contribution in [3.8, 4) is 0 Å². The molecule has 128 valence electrons. The van der Waals surface area contributed by atoms with Crippen LogP contribution in [0.5, 0.6) is 0 Å². The third kappa shape index (κ3) is 19.7. The van der Waals surface area contributed by atoms with Crippen LogP contribution in [0.4, 0.5) is 0 Å². The molecule has 7 heteroatoms. The smallest absolute Gasteiger partial charge is 0.0855 e. The monoisotopic (exact) mass is 310 g/mol. The van der Waals surface area contributed by atoms with Gasteiger partial charge in [0.2, 0.25) is 0 Å². The third-order valence-electron chi connectivity index (χ3n) is 2.87. The summed E-state index contributed by atoms with van der Waals surface area (Å²) in [5.74, 6) is 0. The molecule has 0 aliphatic rings. The lowest BCUT2D eigenvalue weighted by molar-refractivity contribution is -0.790. The third-order valence-corrected chi connectivity index (χ3v) is 2.87.